The van der Waals surface area contributed by atoms with Gasteiger partial charge in [0.25, 0.3) is 5.91 Å². The summed E-state index contributed by atoms with van der Waals surface area (Å²) in [5.74, 6) is 1.26. The summed E-state index contributed by atoms with van der Waals surface area (Å²) in [6.45, 7) is 6.22. The van der Waals surface area contributed by atoms with E-state index >= 15 is 0 Å². The highest BCUT2D eigenvalue weighted by Gasteiger charge is 2.34. The second kappa shape index (κ2) is 9.41. The first-order chi connectivity index (χ1) is 13.0. The third-order valence-electron chi connectivity index (χ3n) is 4.23. The van der Waals surface area contributed by atoms with Crippen LogP contribution in [0.4, 0.5) is 0 Å². The Kier molecular flexibility index (Phi) is 7.19. The van der Waals surface area contributed by atoms with Gasteiger partial charge in [-0.25, -0.2) is 0 Å². The van der Waals surface area contributed by atoms with Gasteiger partial charge in [-0.15, -0.1) is 0 Å². The number of thioether (sulfide) groups is 1. The molecule has 1 aromatic carbocycles. The minimum absolute atomic E-state index is 0.0701. The van der Waals surface area contributed by atoms with Gasteiger partial charge >= 0.3 is 0 Å². The van der Waals surface area contributed by atoms with E-state index in [-0.39, 0.29) is 12.0 Å². The van der Waals surface area contributed by atoms with Crippen LogP contribution >= 0.6 is 39.9 Å². The number of carbonyl (C=O) groups excluding carboxylic acids is 1. The van der Waals surface area contributed by atoms with Gasteiger partial charge in [-0.05, 0) is 50.5 Å². The first-order valence-electron chi connectivity index (χ1n) is 8.99. The van der Waals surface area contributed by atoms with Gasteiger partial charge in [0.2, 0.25) is 0 Å². The Labute approximate surface area is 177 Å². The minimum atomic E-state index is -0.0701. The molecule has 146 valence electrons. The smallest absolute Gasteiger partial charge is 0.266 e. The van der Waals surface area contributed by atoms with E-state index in [0.29, 0.717) is 40.5 Å². The van der Waals surface area contributed by atoms with E-state index in [1.54, 1.807) is 4.90 Å². The van der Waals surface area contributed by atoms with Gasteiger partial charge in [0.1, 0.15) is 4.32 Å². The molecule has 0 N–H and O–H groups in total. The lowest BCUT2D eigenvalue weighted by molar-refractivity contribution is -0.123. The predicted octanol–water partition coefficient (Wildman–Crippen LogP) is 4.63. The van der Waals surface area contributed by atoms with Gasteiger partial charge in [-0.2, -0.15) is 0 Å². The highest BCUT2D eigenvalue weighted by atomic mass is 79.9. The van der Waals surface area contributed by atoms with E-state index in [2.05, 4.69) is 15.9 Å². The van der Waals surface area contributed by atoms with Crippen LogP contribution in [0.2, 0.25) is 0 Å². The number of benzene rings is 1. The number of ether oxygens (including phenoxy) is 3. The summed E-state index contributed by atoms with van der Waals surface area (Å²) in [6, 6.07) is 3.75. The van der Waals surface area contributed by atoms with Crippen molar-refractivity contribution in [2.45, 2.75) is 32.8 Å². The highest BCUT2D eigenvalue weighted by Crippen LogP contribution is 2.38. The van der Waals surface area contributed by atoms with Crippen LogP contribution < -0.4 is 9.47 Å². The molecule has 0 unspecified atom stereocenters. The molecule has 0 radical (unpaired) electrons. The van der Waals surface area contributed by atoms with Crippen LogP contribution in [0.3, 0.4) is 0 Å². The first-order valence-corrected chi connectivity index (χ1v) is 11.0. The quantitative estimate of drug-likeness (QED) is 0.426. The molecule has 1 amide bonds. The summed E-state index contributed by atoms with van der Waals surface area (Å²) in [5, 5.41) is 0. The molecule has 5 nitrogen and oxygen atoms in total. The molecule has 2 aliphatic heterocycles. The lowest BCUT2D eigenvalue weighted by Gasteiger charge is -2.18. The summed E-state index contributed by atoms with van der Waals surface area (Å²) in [5.41, 5.74) is 0.847. The summed E-state index contributed by atoms with van der Waals surface area (Å²) >= 11 is 10.3. The van der Waals surface area contributed by atoms with Crippen LogP contribution in [0, 0.1) is 0 Å². The Morgan fingerprint density at radius 3 is 2.67 bits per heavy atom. The van der Waals surface area contributed by atoms with E-state index < -0.39 is 0 Å². The zero-order chi connectivity index (χ0) is 19.4. The third-order valence-corrected chi connectivity index (χ3v) is 6.30. The topological polar surface area (TPSA) is 48.0 Å². The van der Waals surface area contributed by atoms with Crippen molar-refractivity contribution in [3.63, 3.8) is 0 Å². The number of halogens is 1. The van der Waals surface area contributed by atoms with Crippen LogP contribution in [0.15, 0.2) is 21.5 Å². The van der Waals surface area contributed by atoms with Crippen molar-refractivity contribution in [2.24, 2.45) is 0 Å². The maximum absolute atomic E-state index is 12.8. The average Bonchev–Trinajstić information content (AvgIpc) is 3.23. The number of nitrogens with zero attached hydrogens (tertiary/aromatic N) is 1. The molecule has 0 bridgehead atoms. The summed E-state index contributed by atoms with van der Waals surface area (Å²) in [4.78, 5) is 15.1. The molecular weight excluding hydrogens is 450 g/mol. The zero-order valence-electron chi connectivity index (χ0n) is 15.3. The Morgan fingerprint density at radius 1 is 1.33 bits per heavy atom. The second-order valence-electron chi connectivity index (χ2n) is 6.11. The van der Waals surface area contributed by atoms with Crippen LogP contribution in [0.25, 0.3) is 6.08 Å². The molecule has 3 rings (SSSR count). The van der Waals surface area contributed by atoms with Crippen molar-refractivity contribution in [3.05, 3.63) is 27.1 Å². The molecule has 0 spiro atoms. The van der Waals surface area contributed by atoms with Crippen LogP contribution in [0.1, 0.15) is 32.3 Å². The summed E-state index contributed by atoms with van der Waals surface area (Å²) in [6.07, 6.45) is 3.93. The Hall–Kier alpha value is -1.09. The van der Waals surface area contributed by atoms with Gasteiger partial charge in [0, 0.05) is 11.1 Å². The molecule has 1 atom stereocenters. The predicted molar refractivity (Wildman–Crippen MR) is 115 cm³/mol. The molecule has 2 fully saturated rings. The van der Waals surface area contributed by atoms with Gasteiger partial charge in [0.15, 0.2) is 11.5 Å². The zero-order valence-corrected chi connectivity index (χ0v) is 18.5. The molecule has 0 aliphatic carbocycles. The number of rotatable bonds is 7. The van der Waals surface area contributed by atoms with Crippen molar-refractivity contribution in [3.8, 4) is 11.5 Å². The molecule has 27 heavy (non-hydrogen) atoms. The highest BCUT2D eigenvalue weighted by molar-refractivity contribution is 9.10. The first kappa shape index (κ1) is 20.6. The van der Waals surface area contributed by atoms with Gasteiger partial charge in [-0.3, -0.25) is 9.69 Å². The molecule has 2 heterocycles. The molecule has 2 saturated heterocycles. The Balaban J connectivity index is 1.84. The van der Waals surface area contributed by atoms with Crippen molar-refractivity contribution in [2.75, 3.05) is 26.4 Å². The standard InChI is InChI=1S/C19H22BrNO4S2/c1-3-23-15-8-12(14(20)10-16(15)24-4-2)9-17-18(22)21(19(26)27-17)11-13-6-5-7-25-13/h8-10,13H,3-7,11H2,1-2H3/b17-9-/t13-/m1/s1. The SMILES string of the molecule is CCOc1cc(Br)c(/C=C2\SC(=S)N(C[C@H]3CCCO3)C2=O)cc1OCC. The molecule has 0 aromatic heterocycles. The summed E-state index contributed by atoms with van der Waals surface area (Å²) < 4.78 is 18.4. The third kappa shape index (κ3) is 4.85. The molecule has 2 aliphatic rings. The number of amides is 1. The molecule has 0 saturated carbocycles. The fourth-order valence-electron chi connectivity index (χ4n) is 2.99. The van der Waals surface area contributed by atoms with E-state index in [9.17, 15) is 4.79 Å². The van der Waals surface area contributed by atoms with E-state index in [1.807, 2.05) is 32.1 Å². The fourth-order valence-corrected chi connectivity index (χ4v) is 4.69. The lowest BCUT2D eigenvalue weighted by atomic mass is 10.1. The maximum Gasteiger partial charge on any atom is 0.266 e. The van der Waals surface area contributed by atoms with Crippen molar-refractivity contribution >= 4 is 56.2 Å². The van der Waals surface area contributed by atoms with Gasteiger partial charge in [-0.1, -0.05) is 39.9 Å². The van der Waals surface area contributed by atoms with E-state index in [4.69, 9.17) is 26.4 Å². The van der Waals surface area contributed by atoms with Crippen LogP contribution in [-0.2, 0) is 9.53 Å². The maximum atomic E-state index is 12.8. The second-order valence-corrected chi connectivity index (χ2v) is 8.64. The van der Waals surface area contributed by atoms with Crippen molar-refractivity contribution in [1.29, 1.82) is 0 Å². The van der Waals surface area contributed by atoms with Crippen molar-refractivity contribution in [1.82, 2.24) is 4.90 Å². The minimum Gasteiger partial charge on any atom is -0.490 e. The van der Waals surface area contributed by atoms with E-state index in [0.717, 1.165) is 29.5 Å². The number of thiocarbonyl (C=S) groups is 1. The Bertz CT molecular complexity index is 762. The fraction of sp³-hybridized carbons (Fsp3) is 0.474. The molecule has 8 heteroatoms. The number of hydrogen-bond donors (Lipinski definition) is 0. The summed E-state index contributed by atoms with van der Waals surface area (Å²) in [7, 11) is 0. The Morgan fingerprint density at radius 2 is 2.04 bits per heavy atom. The monoisotopic (exact) mass is 471 g/mol. The molecular formula is C19H22BrNO4S2. The lowest BCUT2D eigenvalue weighted by Crippen LogP contribution is -2.35. The molecule has 1 aromatic rings. The van der Waals surface area contributed by atoms with Gasteiger partial charge < -0.3 is 14.2 Å². The van der Waals surface area contributed by atoms with Crippen molar-refractivity contribution < 1.29 is 19.0 Å². The number of hydrogen-bond acceptors (Lipinski definition) is 6. The average molecular weight is 472 g/mol. The largest absolute Gasteiger partial charge is 0.490 e. The normalized spacial score (nSPS) is 21.4. The van der Waals surface area contributed by atoms with Crippen LogP contribution in [-0.4, -0.2) is 47.6 Å². The van der Waals surface area contributed by atoms with E-state index in [1.165, 1.54) is 11.8 Å². The van der Waals surface area contributed by atoms with Gasteiger partial charge in [0.05, 0.1) is 30.8 Å². The van der Waals surface area contributed by atoms with Crippen LogP contribution in [0.5, 0.6) is 11.5 Å². The number of carbonyl (C=O) groups is 1.